The number of hydrogen-bond donors (Lipinski definition) is 1. The maximum atomic E-state index is 11.4. The van der Waals surface area contributed by atoms with Crippen LogP contribution in [0.1, 0.15) is 10.5 Å². The van der Waals surface area contributed by atoms with Gasteiger partial charge < -0.3 is 9.84 Å². The van der Waals surface area contributed by atoms with E-state index in [-0.39, 0.29) is 5.69 Å². The molecule has 0 unspecified atom stereocenters. The second-order valence-electron chi connectivity index (χ2n) is 4.31. The Morgan fingerprint density at radius 1 is 1.29 bits per heavy atom. The number of benzene rings is 2. The van der Waals surface area contributed by atoms with Gasteiger partial charge in [-0.25, -0.2) is 9.78 Å². The molecule has 0 aliphatic rings. The minimum atomic E-state index is -1.05. The molecule has 1 heterocycles. The minimum absolute atomic E-state index is 0.0292. The molecule has 6 heteroatoms. The van der Waals surface area contributed by atoms with Crippen molar-refractivity contribution in [1.29, 1.82) is 0 Å². The van der Waals surface area contributed by atoms with Gasteiger partial charge in [0.05, 0.1) is 12.0 Å². The Morgan fingerprint density at radius 3 is 2.76 bits per heavy atom. The molecule has 106 valence electrons. The van der Waals surface area contributed by atoms with E-state index in [1.165, 1.54) is 11.3 Å². The van der Waals surface area contributed by atoms with E-state index in [2.05, 4.69) is 20.9 Å². The van der Waals surface area contributed by atoms with E-state index in [4.69, 9.17) is 4.74 Å². The van der Waals surface area contributed by atoms with Crippen molar-refractivity contribution in [2.75, 3.05) is 7.11 Å². The Balaban J connectivity index is 2.41. The quantitative estimate of drug-likeness (QED) is 0.747. The third kappa shape index (κ3) is 2.41. The first-order valence-electron chi connectivity index (χ1n) is 6.07. The van der Waals surface area contributed by atoms with E-state index in [1.807, 2.05) is 36.4 Å². The molecule has 0 bridgehead atoms. The third-order valence-electron chi connectivity index (χ3n) is 3.14. The predicted molar refractivity (Wildman–Crippen MR) is 86.3 cm³/mol. The van der Waals surface area contributed by atoms with Crippen molar-refractivity contribution >= 4 is 44.0 Å². The normalized spacial score (nSPS) is 10.8. The summed E-state index contributed by atoms with van der Waals surface area (Å²) in [4.78, 5) is 16.1. The van der Waals surface area contributed by atoms with E-state index in [0.29, 0.717) is 14.5 Å². The van der Waals surface area contributed by atoms with E-state index in [1.54, 1.807) is 7.11 Å². The number of carboxylic acid groups (broad SMARTS) is 1. The average Bonchev–Trinajstić information content (AvgIpc) is 2.87. The highest BCUT2D eigenvalue weighted by atomic mass is 79.9. The number of ether oxygens (including phenoxy) is 1. The van der Waals surface area contributed by atoms with Gasteiger partial charge in [-0.1, -0.05) is 30.3 Å². The minimum Gasteiger partial charge on any atom is -0.496 e. The van der Waals surface area contributed by atoms with E-state index >= 15 is 0 Å². The van der Waals surface area contributed by atoms with Crippen LogP contribution in [0.5, 0.6) is 5.75 Å². The van der Waals surface area contributed by atoms with Crippen LogP contribution >= 0.6 is 27.3 Å². The largest absolute Gasteiger partial charge is 0.496 e. The molecule has 0 radical (unpaired) electrons. The third-order valence-corrected chi connectivity index (χ3v) is 4.67. The number of nitrogens with zero attached hydrogens (tertiary/aromatic N) is 1. The fraction of sp³-hybridized carbons (Fsp3) is 0.0667. The fourth-order valence-electron chi connectivity index (χ4n) is 2.26. The van der Waals surface area contributed by atoms with E-state index < -0.39 is 5.97 Å². The number of rotatable bonds is 3. The number of aromatic carboxylic acids is 1. The molecule has 0 amide bonds. The van der Waals surface area contributed by atoms with Crippen LogP contribution in [0, 0.1) is 0 Å². The summed E-state index contributed by atoms with van der Waals surface area (Å²) in [6.45, 7) is 0. The smallest absolute Gasteiger partial charge is 0.356 e. The maximum absolute atomic E-state index is 11.4. The Bertz CT molecular complexity index is 844. The van der Waals surface area contributed by atoms with Gasteiger partial charge in [-0.05, 0) is 32.8 Å². The summed E-state index contributed by atoms with van der Waals surface area (Å²) in [5.74, 6) is -0.422. The van der Waals surface area contributed by atoms with Crippen molar-refractivity contribution in [1.82, 2.24) is 4.98 Å². The summed E-state index contributed by atoms with van der Waals surface area (Å²) in [6.07, 6.45) is 0. The number of fused-ring (bicyclic) bond motifs is 1. The van der Waals surface area contributed by atoms with Crippen LogP contribution in [0.25, 0.3) is 21.2 Å². The number of thiazole rings is 1. The van der Waals surface area contributed by atoms with Crippen molar-refractivity contribution < 1.29 is 14.6 Å². The van der Waals surface area contributed by atoms with Crippen LogP contribution in [0.2, 0.25) is 0 Å². The van der Waals surface area contributed by atoms with Gasteiger partial charge in [0.1, 0.15) is 5.75 Å². The highest BCUT2D eigenvalue weighted by Gasteiger charge is 2.22. The van der Waals surface area contributed by atoms with Gasteiger partial charge in [-0.3, -0.25) is 0 Å². The van der Waals surface area contributed by atoms with Crippen LogP contribution in [0.4, 0.5) is 0 Å². The Kier molecular flexibility index (Phi) is 3.65. The number of carbonyl (C=O) groups is 1. The Hall–Kier alpha value is -1.92. The molecule has 3 aromatic rings. The molecule has 0 saturated heterocycles. The number of halogens is 1. The maximum Gasteiger partial charge on any atom is 0.356 e. The summed E-state index contributed by atoms with van der Waals surface area (Å²) in [5, 5.41) is 11.3. The van der Waals surface area contributed by atoms with Crippen LogP contribution in [0.3, 0.4) is 0 Å². The second kappa shape index (κ2) is 5.46. The van der Waals surface area contributed by atoms with E-state index in [9.17, 15) is 9.90 Å². The molecule has 0 spiro atoms. The Labute approximate surface area is 133 Å². The predicted octanol–water partition coefficient (Wildman–Crippen LogP) is 4.43. The first kappa shape index (κ1) is 14.0. The van der Waals surface area contributed by atoms with Gasteiger partial charge in [0, 0.05) is 5.56 Å². The molecule has 1 N–H and O–H groups in total. The average molecular weight is 364 g/mol. The molecular formula is C15H10BrNO3S. The summed E-state index contributed by atoms with van der Waals surface area (Å²) in [7, 11) is 1.57. The topological polar surface area (TPSA) is 59.4 Å². The number of methoxy groups -OCH3 is 1. The standard InChI is InChI=1S/C15H10BrNO3S/c1-20-10-7-6-8-4-2-3-5-9(8)11(10)13-12(14(18)19)17-15(16)21-13/h2-7H,1H3,(H,18,19). The Morgan fingerprint density at radius 2 is 2.05 bits per heavy atom. The van der Waals surface area contributed by atoms with Crippen molar-refractivity contribution in [2.24, 2.45) is 0 Å². The zero-order valence-corrected chi connectivity index (χ0v) is 13.4. The molecule has 2 aromatic carbocycles. The lowest BCUT2D eigenvalue weighted by Crippen LogP contribution is -1.99. The summed E-state index contributed by atoms with van der Waals surface area (Å²) in [5.41, 5.74) is 0.790. The fourth-order valence-corrected chi connectivity index (χ4v) is 3.77. The van der Waals surface area contributed by atoms with Crippen molar-refractivity contribution in [3.8, 4) is 16.2 Å². The molecule has 3 rings (SSSR count). The number of hydrogen-bond acceptors (Lipinski definition) is 4. The van der Waals surface area contributed by atoms with Crippen LogP contribution in [0.15, 0.2) is 40.3 Å². The number of aromatic nitrogens is 1. The van der Waals surface area contributed by atoms with Gasteiger partial charge in [0.15, 0.2) is 9.61 Å². The molecule has 21 heavy (non-hydrogen) atoms. The van der Waals surface area contributed by atoms with Gasteiger partial charge in [-0.15, -0.1) is 11.3 Å². The molecule has 1 aromatic heterocycles. The first-order chi connectivity index (χ1) is 10.1. The van der Waals surface area contributed by atoms with Crippen LogP contribution in [-0.4, -0.2) is 23.2 Å². The lowest BCUT2D eigenvalue weighted by Gasteiger charge is -2.11. The lowest BCUT2D eigenvalue weighted by molar-refractivity contribution is 0.0692. The lowest BCUT2D eigenvalue weighted by atomic mass is 10.0. The first-order valence-corrected chi connectivity index (χ1v) is 7.68. The van der Waals surface area contributed by atoms with Crippen LogP contribution < -0.4 is 4.74 Å². The second-order valence-corrected chi connectivity index (χ2v) is 6.59. The van der Waals surface area contributed by atoms with Gasteiger partial charge >= 0.3 is 5.97 Å². The molecule has 4 nitrogen and oxygen atoms in total. The summed E-state index contributed by atoms with van der Waals surface area (Å²) < 4.78 is 5.95. The molecule has 0 saturated carbocycles. The monoisotopic (exact) mass is 363 g/mol. The molecule has 0 aliphatic carbocycles. The highest BCUT2D eigenvalue weighted by Crippen LogP contribution is 2.42. The van der Waals surface area contributed by atoms with Gasteiger partial charge in [0.25, 0.3) is 0 Å². The summed E-state index contributed by atoms with van der Waals surface area (Å²) >= 11 is 4.55. The molecule has 0 atom stereocenters. The van der Waals surface area contributed by atoms with Crippen molar-refractivity contribution in [3.63, 3.8) is 0 Å². The molecule has 0 fully saturated rings. The van der Waals surface area contributed by atoms with Gasteiger partial charge in [-0.2, -0.15) is 0 Å². The van der Waals surface area contributed by atoms with E-state index in [0.717, 1.165) is 16.3 Å². The van der Waals surface area contributed by atoms with Crippen molar-refractivity contribution in [2.45, 2.75) is 0 Å². The van der Waals surface area contributed by atoms with Crippen molar-refractivity contribution in [3.05, 3.63) is 46.0 Å². The zero-order valence-electron chi connectivity index (χ0n) is 11.0. The van der Waals surface area contributed by atoms with Gasteiger partial charge in [0.2, 0.25) is 0 Å². The van der Waals surface area contributed by atoms with Crippen LogP contribution in [-0.2, 0) is 0 Å². The SMILES string of the molecule is COc1ccc2ccccc2c1-c1sc(Br)nc1C(=O)O. The molecule has 0 aliphatic heterocycles. The highest BCUT2D eigenvalue weighted by molar-refractivity contribution is 9.11. The molecular weight excluding hydrogens is 354 g/mol. The zero-order chi connectivity index (χ0) is 15.0. The summed E-state index contributed by atoms with van der Waals surface area (Å²) in [6, 6.07) is 11.6. The number of carboxylic acids is 1.